The molecule has 0 aliphatic carbocycles. The minimum atomic E-state index is -4.49. The van der Waals surface area contributed by atoms with Crippen molar-refractivity contribution in [1.29, 1.82) is 0 Å². The van der Waals surface area contributed by atoms with Crippen LogP contribution in [0, 0.1) is 0 Å². The summed E-state index contributed by atoms with van der Waals surface area (Å²) in [4.78, 5) is 26.6. The third-order valence-electron chi connectivity index (χ3n) is 4.01. The standard InChI is InChI=1S/C19H25F3N2O4/c1-18(2,3)28-17(26)23-15(16(25)24-7-9-27-10-8-24)12-13-5-4-6-14(11-13)19(20,21)22/h4-6,11,15H,7-10,12H2,1-3H3,(H,23,26). The molecule has 1 unspecified atom stereocenters. The molecule has 2 amide bonds. The van der Waals surface area contributed by atoms with Crippen LogP contribution in [0.4, 0.5) is 18.0 Å². The topological polar surface area (TPSA) is 67.9 Å². The number of ether oxygens (including phenoxy) is 2. The number of halogens is 3. The fourth-order valence-corrected chi connectivity index (χ4v) is 2.76. The number of alkyl halides is 3. The summed E-state index contributed by atoms with van der Waals surface area (Å²) in [6, 6.07) is 3.67. The molecule has 1 aromatic carbocycles. The lowest BCUT2D eigenvalue weighted by atomic mass is 10.0. The predicted octanol–water partition coefficient (Wildman–Crippen LogP) is 3.00. The summed E-state index contributed by atoms with van der Waals surface area (Å²) in [5, 5.41) is 2.50. The van der Waals surface area contributed by atoms with Gasteiger partial charge in [0, 0.05) is 19.5 Å². The van der Waals surface area contributed by atoms with Crippen LogP contribution in [0.3, 0.4) is 0 Å². The monoisotopic (exact) mass is 402 g/mol. The Balaban J connectivity index is 2.20. The van der Waals surface area contributed by atoms with Crippen molar-refractivity contribution in [3.05, 3.63) is 35.4 Å². The number of amides is 2. The van der Waals surface area contributed by atoms with Gasteiger partial charge in [0.1, 0.15) is 11.6 Å². The molecule has 1 heterocycles. The summed E-state index contributed by atoms with van der Waals surface area (Å²) in [6.07, 6.45) is -5.37. The van der Waals surface area contributed by atoms with Gasteiger partial charge >= 0.3 is 12.3 Å². The molecule has 1 fully saturated rings. The average molecular weight is 402 g/mol. The normalized spacial score (nSPS) is 16.4. The van der Waals surface area contributed by atoms with Gasteiger partial charge in [-0.05, 0) is 32.4 Å². The zero-order chi connectivity index (χ0) is 20.9. The van der Waals surface area contributed by atoms with Gasteiger partial charge in [-0.2, -0.15) is 13.2 Å². The average Bonchev–Trinajstić information content (AvgIpc) is 2.59. The molecule has 1 aliphatic rings. The maximum Gasteiger partial charge on any atom is 0.416 e. The fourth-order valence-electron chi connectivity index (χ4n) is 2.76. The van der Waals surface area contributed by atoms with Crippen LogP contribution < -0.4 is 5.32 Å². The predicted molar refractivity (Wildman–Crippen MR) is 95.7 cm³/mol. The second-order valence-corrected chi connectivity index (χ2v) is 7.54. The van der Waals surface area contributed by atoms with Crippen LogP contribution in [0.5, 0.6) is 0 Å². The molecule has 2 rings (SSSR count). The van der Waals surface area contributed by atoms with Crippen molar-refractivity contribution in [2.75, 3.05) is 26.3 Å². The van der Waals surface area contributed by atoms with Crippen molar-refractivity contribution in [1.82, 2.24) is 10.2 Å². The van der Waals surface area contributed by atoms with Crippen LogP contribution in [-0.2, 0) is 26.9 Å². The van der Waals surface area contributed by atoms with E-state index in [0.29, 0.717) is 26.3 Å². The van der Waals surface area contributed by atoms with Crippen molar-refractivity contribution in [3.63, 3.8) is 0 Å². The number of rotatable bonds is 4. The SMILES string of the molecule is CC(C)(C)OC(=O)NC(Cc1cccc(C(F)(F)F)c1)C(=O)N1CCOCC1. The molecule has 1 aromatic rings. The first-order valence-corrected chi connectivity index (χ1v) is 8.98. The van der Waals surface area contributed by atoms with Crippen LogP contribution in [0.2, 0.25) is 0 Å². The lowest BCUT2D eigenvalue weighted by molar-refractivity contribution is -0.137. The molecule has 156 valence electrons. The smallest absolute Gasteiger partial charge is 0.416 e. The van der Waals surface area contributed by atoms with E-state index in [9.17, 15) is 22.8 Å². The Hall–Kier alpha value is -2.29. The molecule has 0 saturated carbocycles. The molecule has 28 heavy (non-hydrogen) atoms. The molecule has 0 aromatic heterocycles. The quantitative estimate of drug-likeness (QED) is 0.841. The molecule has 6 nitrogen and oxygen atoms in total. The van der Waals surface area contributed by atoms with E-state index in [1.165, 1.54) is 17.0 Å². The highest BCUT2D eigenvalue weighted by molar-refractivity contribution is 5.86. The molecular weight excluding hydrogens is 377 g/mol. The third kappa shape index (κ3) is 6.70. The lowest BCUT2D eigenvalue weighted by Crippen LogP contribution is -2.53. The number of nitrogens with zero attached hydrogens (tertiary/aromatic N) is 1. The first-order valence-electron chi connectivity index (χ1n) is 8.98. The molecule has 1 atom stereocenters. The largest absolute Gasteiger partial charge is 0.444 e. The van der Waals surface area contributed by atoms with Crippen molar-refractivity contribution >= 4 is 12.0 Å². The fraction of sp³-hybridized carbons (Fsp3) is 0.579. The Morgan fingerprint density at radius 2 is 1.86 bits per heavy atom. The van der Waals surface area contributed by atoms with Crippen LogP contribution in [0.25, 0.3) is 0 Å². The Morgan fingerprint density at radius 1 is 1.21 bits per heavy atom. The summed E-state index contributed by atoms with van der Waals surface area (Å²) in [5.74, 6) is -0.383. The summed E-state index contributed by atoms with van der Waals surface area (Å²) in [6.45, 7) is 6.49. The van der Waals surface area contributed by atoms with Crippen molar-refractivity contribution in [2.45, 2.75) is 45.0 Å². The van der Waals surface area contributed by atoms with E-state index >= 15 is 0 Å². The van der Waals surface area contributed by atoms with Crippen LogP contribution >= 0.6 is 0 Å². The van der Waals surface area contributed by atoms with E-state index in [2.05, 4.69) is 5.32 Å². The third-order valence-corrected chi connectivity index (χ3v) is 4.01. The molecule has 1 saturated heterocycles. The molecule has 0 spiro atoms. The van der Waals surface area contributed by atoms with Crippen LogP contribution in [-0.4, -0.2) is 54.8 Å². The first kappa shape index (κ1) is 22.0. The van der Waals surface area contributed by atoms with Crippen molar-refractivity contribution < 1.29 is 32.2 Å². The van der Waals surface area contributed by atoms with Gasteiger partial charge in [0.25, 0.3) is 0 Å². The minimum absolute atomic E-state index is 0.0840. The Bertz CT molecular complexity index is 695. The van der Waals surface area contributed by atoms with Crippen LogP contribution in [0.15, 0.2) is 24.3 Å². The number of alkyl carbamates (subject to hydrolysis) is 1. The zero-order valence-corrected chi connectivity index (χ0v) is 16.1. The number of morpholine rings is 1. The van der Waals surface area contributed by atoms with Gasteiger partial charge < -0.3 is 19.7 Å². The molecular formula is C19H25F3N2O4. The highest BCUT2D eigenvalue weighted by Gasteiger charge is 2.32. The van der Waals surface area contributed by atoms with Crippen molar-refractivity contribution in [2.24, 2.45) is 0 Å². The van der Waals surface area contributed by atoms with Gasteiger partial charge in [-0.15, -0.1) is 0 Å². The highest BCUT2D eigenvalue weighted by atomic mass is 19.4. The molecule has 0 bridgehead atoms. The Kier molecular flexibility index (Phi) is 6.92. The maximum absolute atomic E-state index is 13.0. The van der Waals surface area contributed by atoms with E-state index in [4.69, 9.17) is 9.47 Å². The maximum atomic E-state index is 13.0. The van der Waals surface area contributed by atoms with Gasteiger partial charge in [0.05, 0.1) is 18.8 Å². The number of hydrogen-bond acceptors (Lipinski definition) is 4. The summed E-state index contributed by atoms with van der Waals surface area (Å²) >= 11 is 0. The Labute approximate surface area is 162 Å². The minimum Gasteiger partial charge on any atom is -0.444 e. The number of carbonyl (C=O) groups is 2. The molecule has 1 N–H and O–H groups in total. The van der Waals surface area contributed by atoms with E-state index in [1.807, 2.05) is 0 Å². The highest BCUT2D eigenvalue weighted by Crippen LogP contribution is 2.29. The van der Waals surface area contributed by atoms with E-state index in [-0.39, 0.29) is 17.9 Å². The van der Waals surface area contributed by atoms with E-state index < -0.39 is 29.5 Å². The van der Waals surface area contributed by atoms with Gasteiger partial charge in [0.15, 0.2) is 0 Å². The van der Waals surface area contributed by atoms with E-state index in [1.54, 1.807) is 20.8 Å². The summed E-state index contributed by atoms with van der Waals surface area (Å²) < 4.78 is 49.3. The second kappa shape index (κ2) is 8.81. The first-order chi connectivity index (χ1) is 13.0. The molecule has 9 heteroatoms. The second-order valence-electron chi connectivity index (χ2n) is 7.54. The summed E-state index contributed by atoms with van der Waals surface area (Å²) in [5.41, 5.74) is -1.29. The van der Waals surface area contributed by atoms with E-state index in [0.717, 1.165) is 12.1 Å². The van der Waals surface area contributed by atoms with Gasteiger partial charge in [-0.3, -0.25) is 4.79 Å². The summed E-state index contributed by atoms with van der Waals surface area (Å²) in [7, 11) is 0. The van der Waals surface area contributed by atoms with Gasteiger partial charge in [0.2, 0.25) is 5.91 Å². The van der Waals surface area contributed by atoms with Gasteiger partial charge in [-0.1, -0.05) is 18.2 Å². The molecule has 1 aliphatic heterocycles. The number of benzene rings is 1. The molecule has 0 radical (unpaired) electrons. The lowest BCUT2D eigenvalue weighted by Gasteiger charge is -2.31. The van der Waals surface area contributed by atoms with Gasteiger partial charge in [-0.25, -0.2) is 4.79 Å². The number of hydrogen-bond donors (Lipinski definition) is 1. The van der Waals surface area contributed by atoms with Crippen LogP contribution in [0.1, 0.15) is 31.9 Å². The zero-order valence-electron chi connectivity index (χ0n) is 16.1. The number of carbonyl (C=O) groups excluding carboxylic acids is 2. The number of nitrogens with one attached hydrogen (secondary N) is 1. The Morgan fingerprint density at radius 3 is 2.43 bits per heavy atom. The van der Waals surface area contributed by atoms with Crippen molar-refractivity contribution in [3.8, 4) is 0 Å².